The van der Waals surface area contributed by atoms with Gasteiger partial charge in [-0.3, -0.25) is 4.99 Å². The van der Waals surface area contributed by atoms with E-state index >= 15 is 0 Å². The highest BCUT2D eigenvalue weighted by Crippen LogP contribution is 2.16. The van der Waals surface area contributed by atoms with Crippen molar-refractivity contribution in [2.24, 2.45) is 4.99 Å². The fraction of sp³-hybridized carbons (Fsp3) is 0.312. The summed E-state index contributed by atoms with van der Waals surface area (Å²) in [6.45, 7) is 5.92. The lowest BCUT2D eigenvalue weighted by Crippen LogP contribution is -2.25. The molecular weight excluding hydrogens is 256 g/mol. The number of nitrogens with one attached hydrogen (secondary N) is 1. The van der Waals surface area contributed by atoms with Gasteiger partial charge < -0.3 is 5.32 Å². The van der Waals surface area contributed by atoms with E-state index in [1.165, 1.54) is 16.3 Å². The Morgan fingerprint density at radius 3 is 2.47 bits per heavy atom. The smallest absolute Gasteiger partial charge is 0.101 e. The van der Waals surface area contributed by atoms with Gasteiger partial charge in [0, 0.05) is 19.5 Å². The third kappa shape index (κ3) is 4.25. The molecule has 0 radical (unpaired) electrons. The molecule has 1 N–H and O–H groups in total. The number of fused-ring (bicyclic) bond motifs is 1. The SMILES string of the molecule is CCN=C(Cc1ccc2ccccc2c1)NCC.Cl. The van der Waals surface area contributed by atoms with Crippen LogP contribution in [0.4, 0.5) is 0 Å². The van der Waals surface area contributed by atoms with Crippen molar-refractivity contribution in [3.8, 4) is 0 Å². The number of rotatable bonds is 4. The van der Waals surface area contributed by atoms with Crippen LogP contribution >= 0.6 is 12.4 Å². The predicted molar refractivity (Wildman–Crippen MR) is 86.6 cm³/mol. The van der Waals surface area contributed by atoms with Crippen LogP contribution in [0.25, 0.3) is 10.8 Å². The monoisotopic (exact) mass is 276 g/mol. The molecule has 0 bridgehead atoms. The van der Waals surface area contributed by atoms with E-state index in [1.54, 1.807) is 0 Å². The van der Waals surface area contributed by atoms with Crippen molar-refractivity contribution in [1.29, 1.82) is 0 Å². The van der Waals surface area contributed by atoms with Gasteiger partial charge in [-0.25, -0.2) is 0 Å². The molecule has 19 heavy (non-hydrogen) atoms. The molecule has 0 aliphatic carbocycles. The van der Waals surface area contributed by atoms with Crippen LogP contribution in [0.2, 0.25) is 0 Å². The average molecular weight is 277 g/mol. The first-order valence-electron chi connectivity index (χ1n) is 6.58. The van der Waals surface area contributed by atoms with E-state index in [-0.39, 0.29) is 12.4 Å². The Labute approximate surface area is 121 Å². The van der Waals surface area contributed by atoms with Crippen molar-refractivity contribution >= 4 is 29.0 Å². The van der Waals surface area contributed by atoms with E-state index in [0.717, 1.165) is 25.3 Å². The number of benzene rings is 2. The maximum absolute atomic E-state index is 4.49. The molecule has 102 valence electrons. The molecule has 0 unspecified atom stereocenters. The van der Waals surface area contributed by atoms with Gasteiger partial charge in [0.05, 0.1) is 0 Å². The highest BCUT2D eigenvalue weighted by atomic mass is 35.5. The lowest BCUT2D eigenvalue weighted by Gasteiger charge is -2.09. The predicted octanol–water partition coefficient (Wildman–Crippen LogP) is 3.83. The second-order valence-electron chi connectivity index (χ2n) is 4.31. The normalized spacial score (nSPS) is 11.2. The van der Waals surface area contributed by atoms with E-state index < -0.39 is 0 Å². The van der Waals surface area contributed by atoms with Gasteiger partial charge in [0.15, 0.2) is 0 Å². The maximum Gasteiger partial charge on any atom is 0.101 e. The zero-order valence-corrected chi connectivity index (χ0v) is 12.3. The number of nitrogens with zero attached hydrogens (tertiary/aromatic N) is 1. The van der Waals surface area contributed by atoms with Gasteiger partial charge >= 0.3 is 0 Å². The molecule has 0 aliphatic heterocycles. The molecule has 0 saturated heterocycles. The highest BCUT2D eigenvalue weighted by Gasteiger charge is 2.01. The minimum atomic E-state index is 0. The van der Waals surface area contributed by atoms with Crippen molar-refractivity contribution in [2.45, 2.75) is 20.3 Å². The van der Waals surface area contributed by atoms with Gasteiger partial charge in [0.1, 0.15) is 5.84 Å². The molecule has 0 heterocycles. The molecule has 0 aliphatic rings. The van der Waals surface area contributed by atoms with Gasteiger partial charge in [-0.2, -0.15) is 0 Å². The topological polar surface area (TPSA) is 24.4 Å². The average Bonchev–Trinajstić information content (AvgIpc) is 2.39. The second-order valence-corrected chi connectivity index (χ2v) is 4.31. The van der Waals surface area contributed by atoms with Crippen LogP contribution in [-0.4, -0.2) is 18.9 Å². The van der Waals surface area contributed by atoms with Gasteiger partial charge in [-0.15, -0.1) is 12.4 Å². The summed E-state index contributed by atoms with van der Waals surface area (Å²) in [6, 6.07) is 15.1. The Morgan fingerprint density at radius 2 is 1.79 bits per heavy atom. The van der Waals surface area contributed by atoms with Crippen molar-refractivity contribution in [2.75, 3.05) is 13.1 Å². The summed E-state index contributed by atoms with van der Waals surface area (Å²) >= 11 is 0. The van der Waals surface area contributed by atoms with E-state index in [9.17, 15) is 0 Å². The summed E-state index contributed by atoms with van der Waals surface area (Å²) in [7, 11) is 0. The number of halogens is 1. The van der Waals surface area contributed by atoms with Crippen molar-refractivity contribution < 1.29 is 0 Å². The minimum absolute atomic E-state index is 0. The molecule has 0 amide bonds. The number of amidine groups is 1. The van der Waals surface area contributed by atoms with Crippen molar-refractivity contribution in [3.63, 3.8) is 0 Å². The Morgan fingerprint density at radius 1 is 1.05 bits per heavy atom. The fourth-order valence-electron chi connectivity index (χ4n) is 2.11. The van der Waals surface area contributed by atoms with E-state index in [1.807, 2.05) is 0 Å². The number of hydrogen-bond donors (Lipinski definition) is 1. The number of aliphatic imine (C=N–C) groups is 1. The standard InChI is InChI=1S/C16H20N2.ClH/c1-3-17-16(18-4-2)12-13-9-10-14-7-5-6-8-15(14)11-13;/h5-11H,3-4,12H2,1-2H3,(H,17,18);1H. The highest BCUT2D eigenvalue weighted by molar-refractivity contribution is 5.87. The fourth-order valence-corrected chi connectivity index (χ4v) is 2.11. The summed E-state index contributed by atoms with van der Waals surface area (Å²) in [5.74, 6) is 1.08. The van der Waals surface area contributed by atoms with Crippen LogP contribution in [-0.2, 0) is 6.42 Å². The summed E-state index contributed by atoms with van der Waals surface area (Å²) < 4.78 is 0. The third-order valence-corrected chi connectivity index (χ3v) is 2.92. The van der Waals surface area contributed by atoms with Crippen LogP contribution < -0.4 is 5.32 Å². The lowest BCUT2D eigenvalue weighted by atomic mass is 10.0. The largest absolute Gasteiger partial charge is 0.374 e. The maximum atomic E-state index is 4.49. The minimum Gasteiger partial charge on any atom is -0.374 e. The second kappa shape index (κ2) is 7.80. The molecule has 0 atom stereocenters. The summed E-state index contributed by atoms with van der Waals surface area (Å²) in [5, 5.41) is 5.91. The first kappa shape index (κ1) is 15.5. The number of likely N-dealkylation sites (N-methyl/N-ethyl adjacent to an activating group) is 1. The van der Waals surface area contributed by atoms with Gasteiger partial charge in [-0.05, 0) is 30.2 Å². The Bertz CT molecular complexity index is 549. The molecule has 0 aromatic heterocycles. The molecule has 2 aromatic rings. The van der Waals surface area contributed by atoms with Crippen molar-refractivity contribution in [3.05, 3.63) is 48.0 Å². The van der Waals surface area contributed by atoms with E-state index in [2.05, 4.69) is 66.6 Å². The van der Waals surface area contributed by atoms with Crippen LogP contribution in [0.3, 0.4) is 0 Å². The lowest BCUT2D eigenvalue weighted by molar-refractivity contribution is 0.923. The Balaban J connectivity index is 0.00000180. The zero-order chi connectivity index (χ0) is 12.8. The summed E-state index contributed by atoms with van der Waals surface area (Å²) in [4.78, 5) is 4.49. The molecule has 0 spiro atoms. The summed E-state index contributed by atoms with van der Waals surface area (Å²) in [6.07, 6.45) is 0.881. The van der Waals surface area contributed by atoms with Crippen LogP contribution in [0.1, 0.15) is 19.4 Å². The Hall–Kier alpha value is -1.54. The first-order chi connectivity index (χ1) is 8.83. The molecule has 0 saturated carbocycles. The van der Waals surface area contributed by atoms with E-state index in [0.29, 0.717) is 0 Å². The first-order valence-corrected chi connectivity index (χ1v) is 6.58. The number of hydrogen-bond acceptors (Lipinski definition) is 1. The molecule has 0 fully saturated rings. The van der Waals surface area contributed by atoms with E-state index in [4.69, 9.17) is 0 Å². The van der Waals surface area contributed by atoms with Gasteiger partial charge in [0.2, 0.25) is 0 Å². The molecule has 3 heteroatoms. The van der Waals surface area contributed by atoms with Crippen LogP contribution in [0.5, 0.6) is 0 Å². The van der Waals surface area contributed by atoms with Crippen molar-refractivity contribution in [1.82, 2.24) is 5.32 Å². The van der Waals surface area contributed by atoms with Gasteiger partial charge in [0.25, 0.3) is 0 Å². The molecule has 2 rings (SSSR count). The van der Waals surface area contributed by atoms with Crippen LogP contribution in [0.15, 0.2) is 47.5 Å². The van der Waals surface area contributed by atoms with Gasteiger partial charge in [-0.1, -0.05) is 42.5 Å². The van der Waals surface area contributed by atoms with Crippen LogP contribution in [0, 0.1) is 0 Å². The third-order valence-electron chi connectivity index (χ3n) is 2.92. The Kier molecular flexibility index (Phi) is 6.37. The summed E-state index contributed by atoms with van der Waals surface area (Å²) in [5.41, 5.74) is 1.31. The molecule has 2 nitrogen and oxygen atoms in total. The zero-order valence-electron chi connectivity index (χ0n) is 11.5. The molecule has 2 aromatic carbocycles. The quantitative estimate of drug-likeness (QED) is 0.666. The molecular formula is C16H21ClN2.